The summed E-state index contributed by atoms with van der Waals surface area (Å²) in [5.74, 6) is 0.593. The highest BCUT2D eigenvalue weighted by atomic mass is 79.9. The number of hydrogen-bond donors (Lipinski definition) is 3. The Balaban J connectivity index is 1.81. The minimum Gasteiger partial charge on any atom is -0.494 e. The zero-order chi connectivity index (χ0) is 27.7. The van der Waals surface area contributed by atoms with E-state index in [4.69, 9.17) is 25.1 Å². The summed E-state index contributed by atoms with van der Waals surface area (Å²) in [4.78, 5) is 21.7. The van der Waals surface area contributed by atoms with Crippen molar-refractivity contribution in [2.45, 2.75) is 31.0 Å². The number of halogens is 1. The van der Waals surface area contributed by atoms with Crippen molar-refractivity contribution in [2.24, 2.45) is 10.1 Å². The molecule has 1 heterocycles. The average molecular weight is 593 g/mol. The van der Waals surface area contributed by atoms with Gasteiger partial charge >= 0.3 is 0 Å². The van der Waals surface area contributed by atoms with Gasteiger partial charge in [-0.15, -0.1) is 0 Å². The molecule has 1 aliphatic heterocycles. The molecule has 3 aromatic rings. The normalized spacial score (nSPS) is 18.0. The standard InChI is InChI=1S/C28H29BrN6O4/c1-31-34-27(37)28(17-19-7-11-22(29)12-8-19)25(24-6-3-2-5-21(24)18-32-35-30)39-26(33-28)20-9-13-23(14-10-20)38-16-4-15-36/h2-3,5-14,25,31,36H,4,15-18H2,1H3,(H,34,37)/t25-,28-/m0/s1. The lowest BCUT2D eigenvalue weighted by molar-refractivity contribution is -0.129. The highest BCUT2D eigenvalue weighted by Gasteiger charge is 2.53. The average Bonchev–Trinajstić information content (AvgIpc) is 3.34. The van der Waals surface area contributed by atoms with E-state index in [1.165, 1.54) is 0 Å². The van der Waals surface area contributed by atoms with Crippen molar-refractivity contribution >= 4 is 27.7 Å². The van der Waals surface area contributed by atoms with Crippen LogP contribution in [0.4, 0.5) is 0 Å². The molecule has 0 aromatic heterocycles. The van der Waals surface area contributed by atoms with Gasteiger partial charge in [0.15, 0.2) is 11.6 Å². The molecule has 3 N–H and O–H groups in total. The Morgan fingerprint density at radius 3 is 2.62 bits per heavy atom. The Morgan fingerprint density at radius 1 is 1.18 bits per heavy atom. The molecule has 0 aliphatic carbocycles. The van der Waals surface area contributed by atoms with E-state index in [0.29, 0.717) is 35.8 Å². The van der Waals surface area contributed by atoms with E-state index in [2.05, 4.69) is 36.8 Å². The molecular weight excluding hydrogens is 564 g/mol. The van der Waals surface area contributed by atoms with Crippen LogP contribution in [0.5, 0.6) is 5.75 Å². The van der Waals surface area contributed by atoms with Gasteiger partial charge < -0.3 is 14.6 Å². The van der Waals surface area contributed by atoms with Crippen molar-refractivity contribution in [3.05, 3.63) is 110 Å². The summed E-state index contributed by atoms with van der Waals surface area (Å²) in [6.45, 7) is 0.558. The molecule has 1 aliphatic rings. The Labute approximate surface area is 234 Å². The minimum absolute atomic E-state index is 0.0560. The first kappa shape index (κ1) is 28.1. The predicted molar refractivity (Wildman–Crippen MR) is 151 cm³/mol. The molecule has 39 heavy (non-hydrogen) atoms. The van der Waals surface area contributed by atoms with Crippen LogP contribution < -0.4 is 15.6 Å². The lowest BCUT2D eigenvalue weighted by Crippen LogP contribution is -2.53. The summed E-state index contributed by atoms with van der Waals surface area (Å²) in [6.07, 6.45) is -0.0246. The molecule has 10 nitrogen and oxygen atoms in total. The number of rotatable bonds is 12. The number of benzene rings is 3. The molecule has 2 atom stereocenters. The maximum atomic E-state index is 13.8. The van der Waals surface area contributed by atoms with Gasteiger partial charge in [0.2, 0.25) is 5.90 Å². The van der Waals surface area contributed by atoms with Crippen LogP contribution in [0, 0.1) is 0 Å². The molecule has 0 saturated carbocycles. The van der Waals surface area contributed by atoms with Crippen molar-refractivity contribution < 1.29 is 19.4 Å². The van der Waals surface area contributed by atoms with Crippen molar-refractivity contribution in [1.29, 1.82) is 0 Å². The second kappa shape index (κ2) is 13.3. The number of azide groups is 1. The largest absolute Gasteiger partial charge is 0.494 e. The summed E-state index contributed by atoms with van der Waals surface area (Å²) >= 11 is 3.47. The zero-order valence-electron chi connectivity index (χ0n) is 21.4. The molecule has 11 heteroatoms. The topological polar surface area (TPSA) is 141 Å². The summed E-state index contributed by atoms with van der Waals surface area (Å²) in [6, 6.07) is 22.4. The predicted octanol–water partition coefficient (Wildman–Crippen LogP) is 4.77. The van der Waals surface area contributed by atoms with Crippen molar-refractivity contribution in [3.8, 4) is 5.75 Å². The van der Waals surface area contributed by atoms with Gasteiger partial charge in [-0.2, -0.15) is 0 Å². The number of ether oxygens (including phenoxy) is 2. The third-order valence-corrected chi connectivity index (χ3v) is 6.83. The van der Waals surface area contributed by atoms with E-state index >= 15 is 0 Å². The number of carbonyl (C=O) groups is 1. The van der Waals surface area contributed by atoms with Crippen LogP contribution in [0.1, 0.15) is 34.8 Å². The van der Waals surface area contributed by atoms with Gasteiger partial charge in [0, 0.05) is 41.4 Å². The number of aliphatic hydroxyl groups excluding tert-OH is 1. The van der Waals surface area contributed by atoms with Crippen molar-refractivity contribution in [2.75, 3.05) is 20.3 Å². The second-order valence-electron chi connectivity index (χ2n) is 8.88. The first-order valence-electron chi connectivity index (χ1n) is 12.4. The molecule has 0 bridgehead atoms. The number of aliphatic imine (C=N–C) groups is 1. The van der Waals surface area contributed by atoms with Crippen LogP contribution in [-0.2, 0) is 22.5 Å². The van der Waals surface area contributed by atoms with Gasteiger partial charge in [0.25, 0.3) is 5.91 Å². The van der Waals surface area contributed by atoms with Gasteiger partial charge in [-0.1, -0.05) is 57.4 Å². The van der Waals surface area contributed by atoms with Crippen LogP contribution in [0.2, 0.25) is 0 Å². The maximum Gasteiger partial charge on any atom is 0.266 e. The zero-order valence-corrected chi connectivity index (χ0v) is 23.0. The number of amides is 1. The highest BCUT2D eigenvalue weighted by molar-refractivity contribution is 9.10. The van der Waals surface area contributed by atoms with Crippen LogP contribution >= 0.6 is 15.9 Å². The fraction of sp³-hybridized carbons (Fsp3) is 0.286. The fourth-order valence-electron chi connectivity index (χ4n) is 4.44. The molecule has 4 rings (SSSR count). The minimum atomic E-state index is -1.38. The highest BCUT2D eigenvalue weighted by Crippen LogP contribution is 2.43. The molecule has 0 saturated heterocycles. The Hall–Kier alpha value is -3.89. The van der Waals surface area contributed by atoms with Crippen molar-refractivity contribution in [3.63, 3.8) is 0 Å². The summed E-state index contributed by atoms with van der Waals surface area (Å²) in [5, 5.41) is 12.7. The van der Waals surface area contributed by atoms with Crippen molar-refractivity contribution in [1.82, 2.24) is 10.9 Å². The Morgan fingerprint density at radius 2 is 1.92 bits per heavy atom. The van der Waals surface area contributed by atoms with E-state index in [1.807, 2.05) is 60.7 Å². The molecule has 3 aromatic carbocycles. The fourth-order valence-corrected chi connectivity index (χ4v) is 4.70. The first-order chi connectivity index (χ1) is 19.0. The van der Waals surface area contributed by atoms with E-state index in [9.17, 15) is 4.79 Å². The van der Waals surface area contributed by atoms with Gasteiger partial charge in [0.1, 0.15) is 5.75 Å². The lowest BCUT2D eigenvalue weighted by Gasteiger charge is -2.31. The van der Waals surface area contributed by atoms with E-state index in [1.54, 1.807) is 19.2 Å². The van der Waals surface area contributed by atoms with E-state index in [-0.39, 0.29) is 25.5 Å². The molecule has 1 amide bonds. The number of nitrogens with one attached hydrogen (secondary N) is 2. The van der Waals surface area contributed by atoms with Crippen LogP contribution in [0.25, 0.3) is 10.4 Å². The monoisotopic (exact) mass is 592 g/mol. The van der Waals surface area contributed by atoms with E-state index in [0.717, 1.165) is 15.6 Å². The SMILES string of the molecule is CNNC(=O)[C@@]1(Cc2ccc(Br)cc2)N=C(c2ccc(OCCCO)cc2)O[C@H]1c1ccccc1CN=[N+]=[N-]. The number of carbonyl (C=O) groups excluding carboxylic acids is 1. The summed E-state index contributed by atoms with van der Waals surface area (Å²) < 4.78 is 13.1. The molecule has 0 radical (unpaired) electrons. The number of aliphatic hydroxyl groups is 1. The van der Waals surface area contributed by atoms with Crippen LogP contribution in [0.15, 0.2) is 87.4 Å². The van der Waals surface area contributed by atoms with Gasteiger partial charge in [-0.05, 0) is 58.6 Å². The number of hydrogen-bond acceptors (Lipinski definition) is 7. The van der Waals surface area contributed by atoms with Crippen LogP contribution in [-0.4, -0.2) is 42.7 Å². The Kier molecular flexibility index (Phi) is 9.56. The summed E-state index contributed by atoms with van der Waals surface area (Å²) in [7, 11) is 1.62. The van der Waals surface area contributed by atoms with E-state index < -0.39 is 11.6 Å². The van der Waals surface area contributed by atoms with Crippen LogP contribution in [0.3, 0.4) is 0 Å². The molecular formula is C28H29BrN6O4. The molecule has 0 unspecified atom stereocenters. The molecule has 0 fully saturated rings. The van der Waals surface area contributed by atoms with Gasteiger partial charge in [0.05, 0.1) is 13.2 Å². The first-order valence-corrected chi connectivity index (χ1v) is 13.2. The van der Waals surface area contributed by atoms with Gasteiger partial charge in [-0.3, -0.25) is 10.2 Å². The number of nitrogens with zero attached hydrogens (tertiary/aromatic N) is 4. The quantitative estimate of drug-likeness (QED) is 0.0913. The maximum absolute atomic E-state index is 13.8. The summed E-state index contributed by atoms with van der Waals surface area (Å²) in [5.41, 5.74) is 16.0. The van der Waals surface area contributed by atoms with Gasteiger partial charge in [-0.25, -0.2) is 10.4 Å². The smallest absolute Gasteiger partial charge is 0.266 e. The third kappa shape index (κ3) is 6.58. The molecule has 0 spiro atoms. The molecule has 202 valence electrons. The lowest BCUT2D eigenvalue weighted by atomic mass is 9.81. The second-order valence-corrected chi connectivity index (χ2v) is 9.80. The Bertz CT molecular complexity index is 1360. The third-order valence-electron chi connectivity index (χ3n) is 6.30. The number of hydrazine groups is 1.